The number of hydrogen-bond donors (Lipinski definition) is 1. The number of rotatable bonds is 1. The van der Waals surface area contributed by atoms with Crippen LogP contribution in [0.5, 0.6) is 0 Å². The van der Waals surface area contributed by atoms with Crippen molar-refractivity contribution in [2.45, 2.75) is 6.18 Å². The molecule has 0 radical (unpaired) electrons. The van der Waals surface area contributed by atoms with Crippen molar-refractivity contribution in [1.29, 1.82) is 0 Å². The first-order chi connectivity index (χ1) is 6.88. The lowest BCUT2D eigenvalue weighted by Crippen LogP contribution is -2.48. The van der Waals surface area contributed by atoms with Crippen LogP contribution in [-0.2, 0) is 10.8 Å². The molecule has 0 saturated carbocycles. The fourth-order valence-electron chi connectivity index (χ4n) is 1.13. The Labute approximate surface area is 87.3 Å². The molecule has 8 heteroatoms. The molecule has 1 aliphatic rings. The molecular weight excluding hydrogens is 233 g/mol. The first-order valence-corrected chi connectivity index (χ1v) is 5.82. The van der Waals surface area contributed by atoms with Gasteiger partial charge in [0.05, 0.1) is 0 Å². The van der Waals surface area contributed by atoms with E-state index >= 15 is 0 Å². The quantitative estimate of drug-likeness (QED) is 0.722. The van der Waals surface area contributed by atoms with Gasteiger partial charge in [0.15, 0.2) is 0 Å². The number of hydrogen-bond acceptors (Lipinski definition) is 2. The zero-order chi connectivity index (χ0) is 11.5. The van der Waals surface area contributed by atoms with E-state index in [0.717, 1.165) is 0 Å². The summed E-state index contributed by atoms with van der Waals surface area (Å²) in [5, 5.41) is 1.77. The Balaban J connectivity index is 2.31. The van der Waals surface area contributed by atoms with Gasteiger partial charge in [-0.2, -0.15) is 13.2 Å². The Morgan fingerprint density at radius 1 is 1.33 bits per heavy atom. The van der Waals surface area contributed by atoms with Crippen LogP contribution in [-0.4, -0.2) is 52.5 Å². The normalized spacial score (nSPS) is 19.0. The van der Waals surface area contributed by atoms with Gasteiger partial charge in [0.1, 0.15) is 6.54 Å². The minimum absolute atomic E-state index is 0.246. The lowest BCUT2D eigenvalue weighted by molar-refractivity contribution is -0.123. The molecule has 2 amide bonds. The zero-order valence-corrected chi connectivity index (χ0v) is 8.66. The molecule has 0 atom stereocenters. The van der Waals surface area contributed by atoms with Crippen molar-refractivity contribution in [2.75, 3.05) is 31.1 Å². The van der Waals surface area contributed by atoms with Crippen LogP contribution in [0.2, 0.25) is 0 Å². The van der Waals surface area contributed by atoms with Crippen LogP contribution in [0.15, 0.2) is 0 Å². The molecule has 0 unspecified atom stereocenters. The molecule has 0 aromatic heterocycles. The van der Waals surface area contributed by atoms with Crippen LogP contribution in [0.1, 0.15) is 0 Å². The highest BCUT2D eigenvalue weighted by atomic mass is 32.2. The number of nitrogens with one attached hydrogen (secondary N) is 1. The highest BCUT2D eigenvalue weighted by Crippen LogP contribution is 2.12. The van der Waals surface area contributed by atoms with Crippen molar-refractivity contribution >= 4 is 16.8 Å². The van der Waals surface area contributed by atoms with Gasteiger partial charge in [-0.3, -0.25) is 4.21 Å². The first-order valence-electron chi connectivity index (χ1n) is 4.33. The van der Waals surface area contributed by atoms with Crippen molar-refractivity contribution in [3.05, 3.63) is 0 Å². The van der Waals surface area contributed by atoms with E-state index in [4.69, 9.17) is 0 Å². The molecule has 1 fully saturated rings. The molecule has 0 bridgehead atoms. The zero-order valence-electron chi connectivity index (χ0n) is 7.84. The summed E-state index contributed by atoms with van der Waals surface area (Å²) >= 11 is 0. The summed E-state index contributed by atoms with van der Waals surface area (Å²) < 4.78 is 46.2. The molecule has 1 N–H and O–H groups in total. The van der Waals surface area contributed by atoms with E-state index in [1.165, 1.54) is 4.90 Å². The molecular formula is C7H11F3N2O2S. The number of carbonyl (C=O) groups is 1. The van der Waals surface area contributed by atoms with Crippen LogP contribution in [0.3, 0.4) is 0 Å². The van der Waals surface area contributed by atoms with Crippen LogP contribution >= 0.6 is 0 Å². The third kappa shape index (κ3) is 4.50. The van der Waals surface area contributed by atoms with Gasteiger partial charge in [-0.15, -0.1) is 0 Å². The molecule has 1 rings (SSSR count). The summed E-state index contributed by atoms with van der Waals surface area (Å²) in [5.41, 5.74) is 0. The van der Waals surface area contributed by atoms with Crippen molar-refractivity contribution in [1.82, 2.24) is 10.2 Å². The second-order valence-corrected chi connectivity index (χ2v) is 4.81. The van der Waals surface area contributed by atoms with Crippen molar-refractivity contribution < 1.29 is 22.2 Å². The number of nitrogens with zero attached hydrogens (tertiary/aromatic N) is 1. The summed E-state index contributed by atoms with van der Waals surface area (Å²) in [5.74, 6) is 0.666. The summed E-state index contributed by atoms with van der Waals surface area (Å²) in [4.78, 5) is 12.4. The molecule has 0 aromatic carbocycles. The van der Waals surface area contributed by atoms with Gasteiger partial charge in [0.2, 0.25) is 0 Å². The first kappa shape index (κ1) is 12.3. The maximum atomic E-state index is 11.8. The van der Waals surface area contributed by atoms with Gasteiger partial charge in [0.25, 0.3) is 0 Å². The Hall–Kier alpha value is -0.790. The van der Waals surface area contributed by atoms with Crippen molar-refractivity contribution in [3.8, 4) is 0 Å². The smallest absolute Gasteiger partial charge is 0.329 e. The minimum atomic E-state index is -4.39. The average molecular weight is 244 g/mol. The maximum Gasteiger partial charge on any atom is 0.405 e. The topological polar surface area (TPSA) is 49.4 Å². The number of carbonyl (C=O) groups excluding carboxylic acids is 1. The fraction of sp³-hybridized carbons (Fsp3) is 0.857. The summed E-state index contributed by atoms with van der Waals surface area (Å²) in [6.07, 6.45) is -4.39. The second kappa shape index (κ2) is 4.82. The average Bonchev–Trinajstić information content (AvgIpc) is 2.14. The summed E-state index contributed by atoms with van der Waals surface area (Å²) in [6.45, 7) is -0.835. The third-order valence-electron chi connectivity index (χ3n) is 1.91. The van der Waals surface area contributed by atoms with Crippen LogP contribution in [0.4, 0.5) is 18.0 Å². The lowest BCUT2D eigenvalue weighted by atomic mass is 10.5. The van der Waals surface area contributed by atoms with Crippen molar-refractivity contribution in [2.24, 2.45) is 0 Å². The third-order valence-corrected chi connectivity index (χ3v) is 3.18. The molecule has 1 heterocycles. The van der Waals surface area contributed by atoms with E-state index in [2.05, 4.69) is 0 Å². The highest BCUT2D eigenvalue weighted by molar-refractivity contribution is 7.85. The molecule has 1 aliphatic heterocycles. The molecule has 0 aromatic rings. The van der Waals surface area contributed by atoms with Crippen LogP contribution in [0.25, 0.3) is 0 Å². The molecule has 1 saturated heterocycles. The molecule has 88 valence electrons. The highest BCUT2D eigenvalue weighted by Gasteiger charge is 2.29. The molecule has 4 nitrogen and oxygen atoms in total. The SMILES string of the molecule is O=C(NCC(F)(F)F)N1CCS(=O)CC1. The van der Waals surface area contributed by atoms with Crippen molar-refractivity contribution in [3.63, 3.8) is 0 Å². The monoisotopic (exact) mass is 244 g/mol. The molecule has 0 spiro atoms. The van der Waals surface area contributed by atoms with Crippen LogP contribution in [0, 0.1) is 0 Å². The Morgan fingerprint density at radius 3 is 2.33 bits per heavy atom. The van der Waals surface area contributed by atoms with Gasteiger partial charge in [-0.1, -0.05) is 0 Å². The van der Waals surface area contributed by atoms with E-state index in [1.54, 1.807) is 5.32 Å². The van der Waals surface area contributed by atoms with E-state index in [0.29, 0.717) is 11.5 Å². The van der Waals surface area contributed by atoms with E-state index < -0.39 is 29.6 Å². The number of urea groups is 1. The van der Waals surface area contributed by atoms with Gasteiger partial charge in [0, 0.05) is 35.4 Å². The fourth-order valence-corrected chi connectivity index (χ4v) is 2.18. The van der Waals surface area contributed by atoms with Gasteiger partial charge >= 0.3 is 12.2 Å². The number of alkyl halides is 3. The molecule has 15 heavy (non-hydrogen) atoms. The number of halogens is 3. The summed E-state index contributed by atoms with van der Waals surface area (Å²) in [7, 11) is -0.942. The molecule has 0 aliphatic carbocycles. The van der Waals surface area contributed by atoms with Gasteiger partial charge in [-0.25, -0.2) is 4.79 Å². The largest absolute Gasteiger partial charge is 0.405 e. The Kier molecular flexibility index (Phi) is 3.95. The Bertz CT molecular complexity index is 259. The van der Waals surface area contributed by atoms with Crippen LogP contribution < -0.4 is 5.32 Å². The second-order valence-electron chi connectivity index (χ2n) is 3.11. The standard InChI is InChI=1S/C7H11F3N2O2S/c8-7(9,10)5-11-6(13)12-1-3-15(14)4-2-12/h1-5H2,(H,11,13). The summed E-state index contributed by atoms with van der Waals surface area (Å²) in [6, 6.07) is -0.746. The van der Waals surface area contributed by atoms with E-state index in [9.17, 15) is 22.2 Å². The maximum absolute atomic E-state index is 11.8. The predicted octanol–water partition coefficient (Wildman–Crippen LogP) is 0.323. The van der Waals surface area contributed by atoms with Gasteiger partial charge in [-0.05, 0) is 0 Å². The van der Waals surface area contributed by atoms with E-state index in [1.807, 2.05) is 0 Å². The lowest BCUT2D eigenvalue weighted by Gasteiger charge is -2.26. The van der Waals surface area contributed by atoms with E-state index in [-0.39, 0.29) is 13.1 Å². The van der Waals surface area contributed by atoms with Gasteiger partial charge < -0.3 is 10.2 Å². The Morgan fingerprint density at radius 2 is 1.87 bits per heavy atom. The predicted molar refractivity (Wildman–Crippen MR) is 48.9 cm³/mol. The minimum Gasteiger partial charge on any atom is -0.329 e. The number of amides is 2.